The quantitative estimate of drug-likeness (QED) is 0.839. The number of alkyl halides is 3. The topological polar surface area (TPSA) is 21.3 Å². The second kappa shape index (κ2) is 5.61. The van der Waals surface area contributed by atoms with Gasteiger partial charge in [-0.25, -0.2) is 0 Å². The summed E-state index contributed by atoms with van der Waals surface area (Å²) >= 11 is 11.4. The normalized spacial score (nSPS) is 11.6. The molecule has 0 unspecified atom stereocenters. The van der Waals surface area contributed by atoms with Gasteiger partial charge in [0.05, 0.1) is 6.61 Å². The number of hydrogen-bond donors (Lipinski definition) is 1. The van der Waals surface area contributed by atoms with Crippen molar-refractivity contribution in [1.29, 1.82) is 0 Å². The standard InChI is InChI=1S/C9H8Cl2F3NO/c10-6-3-7(11)5-8(4-6)15-1-2-16-9(12,13)14/h3-5,15H,1-2H2. The highest BCUT2D eigenvalue weighted by atomic mass is 35.5. The Labute approximate surface area is 100 Å². The first-order valence-corrected chi connectivity index (χ1v) is 5.03. The van der Waals surface area contributed by atoms with Crippen molar-refractivity contribution in [3.05, 3.63) is 28.2 Å². The zero-order valence-corrected chi connectivity index (χ0v) is 9.46. The Morgan fingerprint density at radius 3 is 2.19 bits per heavy atom. The van der Waals surface area contributed by atoms with Gasteiger partial charge in [-0.2, -0.15) is 0 Å². The van der Waals surface area contributed by atoms with E-state index in [9.17, 15) is 13.2 Å². The van der Waals surface area contributed by atoms with Crippen LogP contribution in [0.2, 0.25) is 10.0 Å². The van der Waals surface area contributed by atoms with Crippen LogP contribution in [-0.4, -0.2) is 19.5 Å². The van der Waals surface area contributed by atoms with Gasteiger partial charge in [-0.15, -0.1) is 13.2 Å². The third-order valence-electron chi connectivity index (χ3n) is 1.56. The number of anilines is 1. The molecule has 1 rings (SSSR count). The van der Waals surface area contributed by atoms with Crippen molar-refractivity contribution in [2.24, 2.45) is 0 Å². The second-order valence-corrected chi connectivity index (χ2v) is 3.75. The molecule has 0 atom stereocenters. The van der Waals surface area contributed by atoms with Gasteiger partial charge in [0.25, 0.3) is 0 Å². The van der Waals surface area contributed by atoms with E-state index in [0.29, 0.717) is 15.7 Å². The lowest BCUT2D eigenvalue weighted by molar-refractivity contribution is -0.322. The lowest BCUT2D eigenvalue weighted by Gasteiger charge is -2.09. The third-order valence-corrected chi connectivity index (χ3v) is 2.00. The predicted molar refractivity (Wildman–Crippen MR) is 57.0 cm³/mol. The van der Waals surface area contributed by atoms with Gasteiger partial charge < -0.3 is 5.32 Å². The summed E-state index contributed by atoms with van der Waals surface area (Å²) in [5.74, 6) is 0. The molecule has 7 heteroatoms. The molecule has 2 nitrogen and oxygen atoms in total. The third kappa shape index (κ3) is 5.44. The molecule has 0 fully saturated rings. The van der Waals surface area contributed by atoms with Crippen LogP contribution in [0, 0.1) is 0 Å². The summed E-state index contributed by atoms with van der Waals surface area (Å²) < 4.78 is 38.4. The van der Waals surface area contributed by atoms with Gasteiger partial charge >= 0.3 is 6.36 Å². The molecule has 1 aromatic carbocycles. The van der Waals surface area contributed by atoms with E-state index in [-0.39, 0.29) is 6.54 Å². The molecule has 0 amide bonds. The Morgan fingerprint density at radius 2 is 1.69 bits per heavy atom. The first-order chi connectivity index (χ1) is 7.37. The van der Waals surface area contributed by atoms with Crippen molar-refractivity contribution in [3.8, 4) is 0 Å². The minimum absolute atomic E-state index is 0.0101. The first kappa shape index (κ1) is 13.4. The zero-order chi connectivity index (χ0) is 12.2. The van der Waals surface area contributed by atoms with Crippen molar-refractivity contribution in [3.63, 3.8) is 0 Å². The molecule has 0 bridgehead atoms. The Hall–Kier alpha value is -0.650. The molecule has 1 aromatic rings. The molecule has 0 aliphatic heterocycles. The van der Waals surface area contributed by atoms with Gasteiger partial charge in [0.15, 0.2) is 0 Å². The van der Waals surface area contributed by atoms with Gasteiger partial charge in [-0.3, -0.25) is 4.74 Å². The summed E-state index contributed by atoms with van der Waals surface area (Å²) in [6, 6.07) is 4.64. The number of hydrogen-bond acceptors (Lipinski definition) is 2. The average molecular weight is 274 g/mol. The Bertz CT molecular complexity index is 337. The van der Waals surface area contributed by atoms with E-state index in [4.69, 9.17) is 23.2 Å². The molecule has 0 aliphatic carbocycles. The van der Waals surface area contributed by atoms with E-state index in [1.54, 1.807) is 12.1 Å². The molecular formula is C9H8Cl2F3NO. The van der Waals surface area contributed by atoms with Crippen molar-refractivity contribution < 1.29 is 17.9 Å². The number of nitrogens with one attached hydrogen (secondary N) is 1. The van der Waals surface area contributed by atoms with Gasteiger partial charge in [0.1, 0.15) is 0 Å². The van der Waals surface area contributed by atoms with Crippen LogP contribution in [0.25, 0.3) is 0 Å². The molecule has 0 aliphatic rings. The molecule has 0 saturated carbocycles. The average Bonchev–Trinajstić information content (AvgIpc) is 2.09. The van der Waals surface area contributed by atoms with E-state index in [0.717, 1.165) is 0 Å². The maximum atomic E-state index is 11.6. The van der Waals surface area contributed by atoms with Crippen LogP contribution >= 0.6 is 23.2 Å². The molecule has 0 spiro atoms. The highest BCUT2D eigenvalue weighted by Gasteiger charge is 2.28. The van der Waals surface area contributed by atoms with Gasteiger partial charge in [0.2, 0.25) is 0 Å². The van der Waals surface area contributed by atoms with Gasteiger partial charge in [0, 0.05) is 22.3 Å². The summed E-state index contributed by atoms with van der Waals surface area (Å²) in [5.41, 5.74) is 0.545. The molecular weight excluding hydrogens is 266 g/mol. The monoisotopic (exact) mass is 273 g/mol. The van der Waals surface area contributed by atoms with Crippen molar-refractivity contribution >= 4 is 28.9 Å². The Kier molecular flexibility index (Phi) is 4.70. The highest BCUT2D eigenvalue weighted by molar-refractivity contribution is 6.35. The summed E-state index contributed by atoms with van der Waals surface area (Å²) in [6.45, 7) is -0.468. The maximum absolute atomic E-state index is 11.6. The number of rotatable bonds is 4. The summed E-state index contributed by atoms with van der Waals surface area (Å²) in [6.07, 6.45) is -4.60. The van der Waals surface area contributed by atoms with Crippen LogP contribution in [-0.2, 0) is 4.74 Å². The fourth-order valence-electron chi connectivity index (χ4n) is 1.02. The lowest BCUT2D eigenvalue weighted by atomic mass is 10.3. The van der Waals surface area contributed by atoms with Crippen LogP contribution in [0.5, 0.6) is 0 Å². The van der Waals surface area contributed by atoms with E-state index in [1.807, 2.05) is 0 Å². The SMILES string of the molecule is FC(F)(F)OCCNc1cc(Cl)cc(Cl)c1. The predicted octanol–water partition coefficient (Wildman–Crippen LogP) is 3.94. The van der Waals surface area contributed by atoms with Crippen LogP contribution in [0.4, 0.5) is 18.9 Å². The molecule has 0 saturated heterocycles. The smallest absolute Gasteiger partial charge is 0.383 e. The van der Waals surface area contributed by atoms with E-state index >= 15 is 0 Å². The maximum Gasteiger partial charge on any atom is 0.522 e. The first-order valence-electron chi connectivity index (χ1n) is 4.27. The molecule has 16 heavy (non-hydrogen) atoms. The van der Waals surface area contributed by atoms with Crippen molar-refractivity contribution in [2.75, 3.05) is 18.5 Å². The van der Waals surface area contributed by atoms with Crippen molar-refractivity contribution in [1.82, 2.24) is 0 Å². The Balaban J connectivity index is 2.37. The number of ether oxygens (including phenoxy) is 1. The molecule has 1 N–H and O–H groups in total. The van der Waals surface area contributed by atoms with Crippen LogP contribution in [0.1, 0.15) is 0 Å². The fraction of sp³-hybridized carbons (Fsp3) is 0.333. The van der Waals surface area contributed by atoms with Crippen LogP contribution < -0.4 is 5.32 Å². The largest absolute Gasteiger partial charge is 0.522 e. The van der Waals surface area contributed by atoms with Gasteiger partial charge in [-0.1, -0.05) is 23.2 Å². The van der Waals surface area contributed by atoms with Gasteiger partial charge in [-0.05, 0) is 18.2 Å². The minimum Gasteiger partial charge on any atom is -0.383 e. The molecule has 90 valence electrons. The number of halogens is 5. The molecule has 0 radical (unpaired) electrons. The Morgan fingerprint density at radius 1 is 1.12 bits per heavy atom. The summed E-state index contributed by atoms with van der Waals surface area (Å²) in [4.78, 5) is 0. The molecule has 0 aromatic heterocycles. The van der Waals surface area contributed by atoms with E-state index < -0.39 is 13.0 Å². The van der Waals surface area contributed by atoms with Crippen LogP contribution in [0.15, 0.2) is 18.2 Å². The van der Waals surface area contributed by atoms with E-state index in [1.165, 1.54) is 6.07 Å². The highest BCUT2D eigenvalue weighted by Crippen LogP contribution is 2.22. The zero-order valence-electron chi connectivity index (χ0n) is 7.94. The minimum atomic E-state index is -4.60. The molecule has 0 heterocycles. The second-order valence-electron chi connectivity index (χ2n) is 2.88. The lowest BCUT2D eigenvalue weighted by Crippen LogP contribution is -2.19. The van der Waals surface area contributed by atoms with E-state index in [2.05, 4.69) is 10.1 Å². The number of benzene rings is 1. The summed E-state index contributed by atoms with van der Waals surface area (Å²) in [5, 5.41) is 3.52. The van der Waals surface area contributed by atoms with Crippen LogP contribution in [0.3, 0.4) is 0 Å². The fourth-order valence-corrected chi connectivity index (χ4v) is 1.54. The summed E-state index contributed by atoms with van der Waals surface area (Å²) in [7, 11) is 0. The van der Waals surface area contributed by atoms with Crippen molar-refractivity contribution in [2.45, 2.75) is 6.36 Å².